The number of hydrogen-bond acceptors (Lipinski definition) is 5. The van der Waals surface area contributed by atoms with E-state index in [9.17, 15) is 0 Å². The molecule has 3 aromatic rings. The lowest BCUT2D eigenvalue weighted by molar-refractivity contribution is 0.299. The fourth-order valence-electron chi connectivity index (χ4n) is 5.03. The van der Waals surface area contributed by atoms with Crippen molar-refractivity contribution in [3.63, 3.8) is 0 Å². The third-order valence-corrected chi connectivity index (χ3v) is 8.14. The molecule has 3 aromatic carbocycles. The summed E-state index contributed by atoms with van der Waals surface area (Å²) in [5.74, 6) is 22.2. The highest BCUT2D eigenvalue weighted by atomic mass is 16.5. The Morgan fingerprint density at radius 1 is 0.404 bits per heavy atom. The Kier molecular flexibility index (Phi) is 18.6. The van der Waals surface area contributed by atoms with E-state index in [1.165, 1.54) is 0 Å². The number of terminal acetylenes is 2. The summed E-state index contributed by atoms with van der Waals surface area (Å²) in [6.45, 7) is 15.5. The van der Waals surface area contributed by atoms with E-state index in [-0.39, 0.29) is 0 Å². The summed E-state index contributed by atoms with van der Waals surface area (Å²) in [6, 6.07) is 11.6. The molecule has 52 heavy (non-hydrogen) atoms. The molecule has 0 saturated carbocycles. The summed E-state index contributed by atoms with van der Waals surface area (Å²) >= 11 is 0. The van der Waals surface area contributed by atoms with Gasteiger partial charge in [-0.2, -0.15) is 0 Å². The Labute approximate surface area is 314 Å². The van der Waals surface area contributed by atoms with Crippen molar-refractivity contribution in [1.82, 2.24) is 0 Å². The van der Waals surface area contributed by atoms with Crippen molar-refractivity contribution in [3.05, 3.63) is 75.3 Å². The maximum atomic E-state index is 6.44. The van der Waals surface area contributed by atoms with Crippen molar-refractivity contribution < 1.29 is 23.7 Å². The zero-order valence-electron chi connectivity index (χ0n) is 32.3. The molecule has 0 aliphatic heterocycles. The second-order valence-corrected chi connectivity index (χ2v) is 12.7. The number of aryl methyl sites for hydroxylation is 1. The molecule has 0 heterocycles. The van der Waals surface area contributed by atoms with Gasteiger partial charge in [0.1, 0.15) is 23.0 Å². The van der Waals surface area contributed by atoms with E-state index in [4.69, 9.17) is 36.5 Å². The maximum absolute atomic E-state index is 6.44. The number of hydrogen-bond donors (Lipinski definition) is 0. The molecule has 0 amide bonds. The number of benzene rings is 3. The van der Waals surface area contributed by atoms with Gasteiger partial charge in [-0.1, -0.05) is 102 Å². The number of unbranched alkanes of at least 4 members (excludes halogenated alkanes) is 5. The lowest BCUT2D eigenvalue weighted by atomic mass is 10.0. The maximum Gasteiger partial charge on any atom is 0.150 e. The predicted octanol–water partition coefficient (Wildman–Crippen LogP) is 10.7. The zero-order valence-corrected chi connectivity index (χ0v) is 32.3. The molecule has 0 spiro atoms. The number of ether oxygens (including phenoxy) is 5. The van der Waals surface area contributed by atoms with Crippen molar-refractivity contribution in [2.45, 2.75) is 106 Å². The SMILES string of the molecule is C#Cc1cc(OCCCC)c(C#Cc2cc(C)cc(C#Cc3cc(OCCCC)c(C#C)cc3OCCCC)c2OCCCC)cc1OCCCC. The van der Waals surface area contributed by atoms with Crippen LogP contribution in [0.3, 0.4) is 0 Å². The van der Waals surface area contributed by atoms with Gasteiger partial charge in [0.25, 0.3) is 0 Å². The Morgan fingerprint density at radius 2 is 0.692 bits per heavy atom. The quantitative estimate of drug-likeness (QED) is 0.0867. The van der Waals surface area contributed by atoms with E-state index in [1.54, 1.807) is 0 Å². The lowest BCUT2D eigenvalue weighted by Crippen LogP contribution is -2.03. The molecule has 0 atom stereocenters. The third kappa shape index (κ3) is 12.9. The molecule has 0 aliphatic rings. The molecular weight excluding hydrogens is 645 g/mol. The monoisotopic (exact) mass is 700 g/mol. The van der Waals surface area contributed by atoms with Crippen LogP contribution in [0.15, 0.2) is 36.4 Å². The Morgan fingerprint density at radius 3 is 1.02 bits per heavy atom. The highest BCUT2D eigenvalue weighted by Gasteiger charge is 2.14. The first-order chi connectivity index (χ1) is 25.4. The first kappa shape index (κ1) is 41.3. The van der Waals surface area contributed by atoms with Crippen molar-refractivity contribution in [2.24, 2.45) is 0 Å². The van der Waals surface area contributed by atoms with Gasteiger partial charge >= 0.3 is 0 Å². The van der Waals surface area contributed by atoms with Crippen LogP contribution in [0.1, 0.15) is 138 Å². The second kappa shape index (κ2) is 23.4. The fraction of sp³-hybridized carbons (Fsp3) is 0.447. The molecule has 5 heteroatoms. The van der Waals surface area contributed by atoms with Gasteiger partial charge in [0, 0.05) is 24.3 Å². The van der Waals surface area contributed by atoms with Crippen molar-refractivity contribution in [1.29, 1.82) is 0 Å². The smallest absolute Gasteiger partial charge is 0.150 e. The fourth-order valence-corrected chi connectivity index (χ4v) is 5.03. The minimum Gasteiger partial charge on any atom is -0.492 e. The van der Waals surface area contributed by atoms with Crippen LogP contribution in [-0.4, -0.2) is 33.0 Å². The van der Waals surface area contributed by atoms with E-state index >= 15 is 0 Å². The van der Waals surface area contributed by atoms with Gasteiger partial charge in [0.2, 0.25) is 0 Å². The highest BCUT2D eigenvalue weighted by molar-refractivity contribution is 5.65. The Bertz CT molecular complexity index is 1670. The largest absolute Gasteiger partial charge is 0.492 e. The van der Waals surface area contributed by atoms with E-state index in [2.05, 4.69) is 70.1 Å². The standard InChI is InChI=1S/C47H56O5/c1-9-16-25-48-43-34-39(45(32-37(43)14-6)50-27-18-11-3)21-23-41-30-36(8)31-42(47(41)52-29-20-13-5)24-22-40-35-44(49-26-17-10-2)38(15-7)33-46(40)51-28-19-12-4/h6-7,30-35H,9-13,16-20,25-29H2,1-5,8H3. The highest BCUT2D eigenvalue weighted by Crippen LogP contribution is 2.32. The molecule has 274 valence electrons. The van der Waals surface area contributed by atoms with Crippen LogP contribution in [-0.2, 0) is 0 Å². The van der Waals surface area contributed by atoms with E-state index in [0.29, 0.717) is 84.0 Å². The molecule has 5 nitrogen and oxygen atoms in total. The minimum atomic E-state index is 0.540. The van der Waals surface area contributed by atoms with Gasteiger partial charge in [0.05, 0.1) is 66.4 Å². The molecule has 0 N–H and O–H groups in total. The van der Waals surface area contributed by atoms with Gasteiger partial charge in [-0.15, -0.1) is 12.8 Å². The van der Waals surface area contributed by atoms with E-state index in [1.807, 2.05) is 43.3 Å². The van der Waals surface area contributed by atoms with Crippen LogP contribution in [0.5, 0.6) is 28.7 Å². The van der Waals surface area contributed by atoms with Crippen LogP contribution in [0.4, 0.5) is 0 Å². The molecule has 0 unspecified atom stereocenters. The average Bonchev–Trinajstić information content (AvgIpc) is 3.15. The third-order valence-electron chi connectivity index (χ3n) is 8.14. The summed E-state index contributed by atoms with van der Waals surface area (Å²) in [5.41, 5.74) is 5.18. The van der Waals surface area contributed by atoms with Crippen molar-refractivity contribution >= 4 is 0 Å². The summed E-state index contributed by atoms with van der Waals surface area (Å²) in [7, 11) is 0. The average molecular weight is 701 g/mol. The summed E-state index contributed by atoms with van der Waals surface area (Å²) in [5, 5.41) is 0. The van der Waals surface area contributed by atoms with Crippen molar-refractivity contribution in [2.75, 3.05) is 33.0 Å². The Hall–Kier alpha value is -5.10. The molecule has 0 aliphatic carbocycles. The topological polar surface area (TPSA) is 46.2 Å². The van der Waals surface area contributed by atoms with Crippen molar-refractivity contribution in [3.8, 4) is 77.1 Å². The molecule has 0 fully saturated rings. The summed E-state index contributed by atoms with van der Waals surface area (Å²) < 4.78 is 31.0. The molecule has 0 radical (unpaired) electrons. The first-order valence-electron chi connectivity index (χ1n) is 19.0. The molecule has 0 bridgehead atoms. The lowest BCUT2D eigenvalue weighted by Gasteiger charge is -2.14. The van der Waals surface area contributed by atoms with Gasteiger partial charge in [-0.25, -0.2) is 0 Å². The van der Waals surface area contributed by atoms with Crippen LogP contribution < -0.4 is 23.7 Å². The first-order valence-corrected chi connectivity index (χ1v) is 19.0. The predicted molar refractivity (Wildman–Crippen MR) is 214 cm³/mol. The van der Waals surface area contributed by atoms with Crippen LogP contribution in [0.25, 0.3) is 0 Å². The van der Waals surface area contributed by atoms with Gasteiger partial charge in [-0.3, -0.25) is 0 Å². The molecule has 3 rings (SSSR count). The Balaban J connectivity index is 2.18. The van der Waals surface area contributed by atoms with Gasteiger partial charge < -0.3 is 23.7 Å². The molecule has 0 saturated heterocycles. The van der Waals surface area contributed by atoms with E-state index < -0.39 is 0 Å². The molecular formula is C47H56O5. The molecule has 0 aromatic heterocycles. The summed E-state index contributed by atoms with van der Waals surface area (Å²) in [6.07, 6.45) is 21.4. The number of rotatable bonds is 20. The van der Waals surface area contributed by atoms with Crippen LogP contribution in [0, 0.1) is 55.3 Å². The van der Waals surface area contributed by atoms with E-state index in [0.717, 1.165) is 80.9 Å². The van der Waals surface area contributed by atoms with Crippen LogP contribution >= 0.6 is 0 Å². The second-order valence-electron chi connectivity index (χ2n) is 12.7. The van der Waals surface area contributed by atoms with Gasteiger partial charge in [0.15, 0.2) is 5.75 Å². The zero-order chi connectivity index (χ0) is 37.6. The van der Waals surface area contributed by atoms with Gasteiger partial charge in [-0.05, 0) is 56.7 Å². The minimum absolute atomic E-state index is 0.540. The normalized spacial score (nSPS) is 10.2. The summed E-state index contributed by atoms with van der Waals surface area (Å²) in [4.78, 5) is 0. The van der Waals surface area contributed by atoms with Crippen LogP contribution in [0.2, 0.25) is 0 Å².